The number of nitrogens with zero attached hydrogens (tertiary/aromatic N) is 3. The van der Waals surface area contributed by atoms with Gasteiger partial charge in [0.05, 0.1) is 11.4 Å². The topological polar surface area (TPSA) is 42.7 Å². The zero-order chi connectivity index (χ0) is 15.6. The van der Waals surface area contributed by atoms with E-state index in [1.54, 1.807) is 6.20 Å². The van der Waals surface area contributed by atoms with Crippen LogP contribution in [0.25, 0.3) is 5.82 Å². The Bertz CT molecular complexity index is 809. The Balaban J connectivity index is 1.75. The van der Waals surface area contributed by atoms with E-state index in [0.29, 0.717) is 6.42 Å². The molecule has 3 heterocycles. The Hall–Kier alpha value is -2.53. The minimum Gasteiger partial charge on any atom is -0.312 e. The number of nitrogens with one attached hydrogen (secondary N) is 1. The lowest BCUT2D eigenvalue weighted by molar-refractivity contribution is 0.619. The molecule has 0 saturated carbocycles. The summed E-state index contributed by atoms with van der Waals surface area (Å²) in [7, 11) is 0. The Morgan fingerprint density at radius 3 is 2.78 bits per heavy atom. The van der Waals surface area contributed by atoms with E-state index in [-0.39, 0.29) is 5.82 Å². The molecule has 0 amide bonds. The van der Waals surface area contributed by atoms with Crippen molar-refractivity contribution in [2.24, 2.45) is 0 Å². The maximum atomic E-state index is 13.1. The molecule has 0 spiro atoms. The summed E-state index contributed by atoms with van der Waals surface area (Å²) in [5, 5.41) is 8.21. The van der Waals surface area contributed by atoms with Gasteiger partial charge in [0, 0.05) is 37.7 Å². The lowest BCUT2D eigenvalue weighted by atomic mass is 10.0. The van der Waals surface area contributed by atoms with Crippen LogP contribution in [0.5, 0.6) is 0 Å². The molecule has 1 aliphatic rings. The molecule has 0 saturated heterocycles. The zero-order valence-electron chi connectivity index (χ0n) is 12.7. The highest BCUT2D eigenvalue weighted by Crippen LogP contribution is 2.23. The fourth-order valence-electron chi connectivity index (χ4n) is 3.02. The van der Waals surface area contributed by atoms with E-state index >= 15 is 0 Å². The fraction of sp³-hybridized carbons (Fsp3) is 0.222. The number of hydrogen-bond donors (Lipinski definition) is 1. The SMILES string of the molecule is Fc1ccc(Cc2nn(-c3ccccn3)c3c2CNCC3)cc1. The van der Waals surface area contributed by atoms with E-state index in [1.165, 1.54) is 23.4 Å². The number of rotatable bonds is 3. The molecular weight excluding hydrogens is 291 g/mol. The van der Waals surface area contributed by atoms with Gasteiger partial charge in [-0.3, -0.25) is 0 Å². The van der Waals surface area contributed by atoms with E-state index in [4.69, 9.17) is 5.10 Å². The average Bonchev–Trinajstić information content (AvgIpc) is 2.97. The normalized spacial score (nSPS) is 13.8. The van der Waals surface area contributed by atoms with Gasteiger partial charge in [0.25, 0.3) is 0 Å². The summed E-state index contributed by atoms with van der Waals surface area (Å²) >= 11 is 0. The van der Waals surface area contributed by atoms with Gasteiger partial charge >= 0.3 is 0 Å². The van der Waals surface area contributed by atoms with Crippen LogP contribution < -0.4 is 5.32 Å². The van der Waals surface area contributed by atoms with Crippen LogP contribution in [0.4, 0.5) is 4.39 Å². The fourth-order valence-corrected chi connectivity index (χ4v) is 3.02. The van der Waals surface area contributed by atoms with Gasteiger partial charge in [0.1, 0.15) is 5.82 Å². The summed E-state index contributed by atoms with van der Waals surface area (Å²) in [6.45, 7) is 1.76. The van der Waals surface area contributed by atoms with Gasteiger partial charge in [-0.05, 0) is 29.8 Å². The molecular formula is C18H17FN4. The third-order valence-electron chi connectivity index (χ3n) is 4.16. The molecule has 4 rings (SSSR count). The van der Waals surface area contributed by atoms with E-state index in [1.807, 2.05) is 35.0 Å². The van der Waals surface area contributed by atoms with Gasteiger partial charge in [-0.1, -0.05) is 18.2 Å². The predicted molar refractivity (Wildman–Crippen MR) is 86.0 cm³/mol. The average molecular weight is 308 g/mol. The first-order valence-corrected chi connectivity index (χ1v) is 7.77. The van der Waals surface area contributed by atoms with Crippen molar-refractivity contribution < 1.29 is 4.39 Å². The van der Waals surface area contributed by atoms with E-state index in [2.05, 4.69) is 10.3 Å². The molecule has 0 atom stereocenters. The van der Waals surface area contributed by atoms with Crippen molar-refractivity contribution >= 4 is 0 Å². The Labute approximate surface area is 134 Å². The second-order valence-corrected chi connectivity index (χ2v) is 5.70. The van der Waals surface area contributed by atoms with Crippen molar-refractivity contribution in [2.75, 3.05) is 6.54 Å². The van der Waals surface area contributed by atoms with Crippen molar-refractivity contribution in [3.8, 4) is 5.82 Å². The summed E-state index contributed by atoms with van der Waals surface area (Å²) in [5.41, 5.74) is 4.56. The van der Waals surface area contributed by atoms with Crippen LogP contribution in [0.2, 0.25) is 0 Å². The molecule has 2 aromatic heterocycles. The molecule has 1 aliphatic heterocycles. The quantitative estimate of drug-likeness (QED) is 0.809. The standard InChI is InChI=1S/C18H17FN4/c19-14-6-4-13(5-7-14)11-16-15-12-20-10-8-17(15)23(22-16)18-3-1-2-9-21-18/h1-7,9,20H,8,10-12H2. The molecule has 1 N–H and O–H groups in total. The third kappa shape index (κ3) is 2.75. The van der Waals surface area contributed by atoms with Crippen LogP contribution >= 0.6 is 0 Å². The van der Waals surface area contributed by atoms with Gasteiger partial charge < -0.3 is 5.32 Å². The summed E-state index contributed by atoms with van der Waals surface area (Å²) in [4.78, 5) is 4.42. The Morgan fingerprint density at radius 1 is 1.13 bits per heavy atom. The number of halogens is 1. The van der Waals surface area contributed by atoms with Crippen molar-refractivity contribution in [3.63, 3.8) is 0 Å². The highest BCUT2D eigenvalue weighted by molar-refractivity contribution is 5.37. The molecule has 116 valence electrons. The van der Waals surface area contributed by atoms with E-state index in [0.717, 1.165) is 36.6 Å². The lowest BCUT2D eigenvalue weighted by Crippen LogP contribution is -2.25. The Kier molecular flexibility index (Phi) is 3.63. The molecule has 5 heteroatoms. The second kappa shape index (κ2) is 5.93. The third-order valence-corrected chi connectivity index (χ3v) is 4.16. The van der Waals surface area contributed by atoms with Crippen LogP contribution in [-0.4, -0.2) is 21.3 Å². The lowest BCUT2D eigenvalue weighted by Gasteiger charge is -2.15. The number of fused-ring (bicyclic) bond motifs is 1. The highest BCUT2D eigenvalue weighted by Gasteiger charge is 2.21. The summed E-state index contributed by atoms with van der Waals surface area (Å²) < 4.78 is 15.0. The van der Waals surface area contributed by atoms with E-state index < -0.39 is 0 Å². The second-order valence-electron chi connectivity index (χ2n) is 5.70. The molecule has 0 unspecified atom stereocenters. The van der Waals surface area contributed by atoms with Gasteiger partial charge in [-0.15, -0.1) is 0 Å². The maximum Gasteiger partial charge on any atom is 0.153 e. The molecule has 0 aliphatic carbocycles. The van der Waals surface area contributed by atoms with Crippen LogP contribution in [0.1, 0.15) is 22.5 Å². The number of benzene rings is 1. The van der Waals surface area contributed by atoms with Crippen LogP contribution in [0.15, 0.2) is 48.7 Å². The minimum atomic E-state index is -0.212. The highest BCUT2D eigenvalue weighted by atomic mass is 19.1. The van der Waals surface area contributed by atoms with Crippen molar-refractivity contribution in [1.82, 2.24) is 20.1 Å². The molecule has 0 radical (unpaired) electrons. The van der Waals surface area contributed by atoms with Crippen molar-refractivity contribution in [2.45, 2.75) is 19.4 Å². The molecule has 4 nitrogen and oxygen atoms in total. The van der Waals surface area contributed by atoms with Gasteiger partial charge in [0.15, 0.2) is 5.82 Å². The van der Waals surface area contributed by atoms with Crippen molar-refractivity contribution in [3.05, 3.63) is 77.0 Å². The monoisotopic (exact) mass is 308 g/mol. The minimum absolute atomic E-state index is 0.212. The van der Waals surface area contributed by atoms with E-state index in [9.17, 15) is 4.39 Å². The number of hydrogen-bond acceptors (Lipinski definition) is 3. The van der Waals surface area contributed by atoms with Crippen LogP contribution in [0.3, 0.4) is 0 Å². The van der Waals surface area contributed by atoms with Gasteiger partial charge in [-0.2, -0.15) is 5.10 Å². The summed E-state index contributed by atoms with van der Waals surface area (Å²) in [5.74, 6) is 0.632. The summed E-state index contributed by atoms with van der Waals surface area (Å²) in [6.07, 6.45) is 3.41. The molecule has 1 aromatic carbocycles. The van der Waals surface area contributed by atoms with Crippen molar-refractivity contribution in [1.29, 1.82) is 0 Å². The molecule has 0 bridgehead atoms. The summed E-state index contributed by atoms with van der Waals surface area (Å²) in [6, 6.07) is 12.5. The smallest absolute Gasteiger partial charge is 0.153 e. The Morgan fingerprint density at radius 2 is 2.00 bits per heavy atom. The van der Waals surface area contributed by atoms with Gasteiger partial charge in [-0.25, -0.2) is 14.1 Å². The predicted octanol–water partition coefficient (Wildman–Crippen LogP) is 2.64. The molecule has 23 heavy (non-hydrogen) atoms. The first-order valence-electron chi connectivity index (χ1n) is 7.77. The number of aromatic nitrogens is 3. The van der Waals surface area contributed by atoms with Gasteiger partial charge in [0.2, 0.25) is 0 Å². The largest absolute Gasteiger partial charge is 0.312 e. The number of pyridine rings is 1. The first kappa shape index (κ1) is 14.1. The zero-order valence-corrected chi connectivity index (χ0v) is 12.7. The first-order chi connectivity index (χ1) is 11.3. The molecule has 0 fully saturated rings. The molecule has 3 aromatic rings. The van der Waals surface area contributed by atoms with Crippen LogP contribution in [-0.2, 0) is 19.4 Å². The van der Waals surface area contributed by atoms with Crippen LogP contribution in [0, 0.1) is 5.82 Å². The maximum absolute atomic E-state index is 13.1.